The first kappa shape index (κ1) is 13.0. The minimum absolute atomic E-state index is 0.0903. The summed E-state index contributed by atoms with van der Waals surface area (Å²) >= 11 is 1.18. The number of aromatic nitrogens is 2. The SMILES string of the molecule is CCOC(=O)C(C#N)c1nc2sccn2c1[N+](=O)[O-]. The minimum atomic E-state index is -1.40. The predicted molar refractivity (Wildman–Crippen MR) is 64.7 cm³/mol. The van der Waals surface area contributed by atoms with Gasteiger partial charge in [0.05, 0.1) is 12.7 Å². The molecule has 98 valence electrons. The van der Waals surface area contributed by atoms with E-state index in [9.17, 15) is 14.9 Å². The molecule has 0 N–H and O–H groups in total. The highest BCUT2D eigenvalue weighted by Gasteiger charge is 2.35. The van der Waals surface area contributed by atoms with Gasteiger partial charge in [-0.15, -0.1) is 0 Å². The molecule has 2 aromatic heterocycles. The van der Waals surface area contributed by atoms with Gasteiger partial charge in [0.15, 0.2) is 11.6 Å². The molecule has 1 atom stereocenters. The Hall–Kier alpha value is -2.47. The van der Waals surface area contributed by atoms with E-state index in [0.29, 0.717) is 4.96 Å². The lowest BCUT2D eigenvalue weighted by Gasteiger charge is -2.05. The van der Waals surface area contributed by atoms with Crippen molar-refractivity contribution in [3.63, 3.8) is 0 Å². The van der Waals surface area contributed by atoms with Gasteiger partial charge in [0.2, 0.25) is 0 Å². The van der Waals surface area contributed by atoms with Crippen LogP contribution in [0.15, 0.2) is 11.6 Å². The highest BCUT2D eigenvalue weighted by Crippen LogP contribution is 2.30. The summed E-state index contributed by atoms with van der Waals surface area (Å²) in [4.78, 5) is 26.4. The van der Waals surface area contributed by atoms with Gasteiger partial charge in [0, 0.05) is 5.38 Å². The van der Waals surface area contributed by atoms with E-state index < -0.39 is 16.8 Å². The van der Waals surface area contributed by atoms with Gasteiger partial charge in [-0.2, -0.15) is 14.6 Å². The lowest BCUT2D eigenvalue weighted by atomic mass is 10.1. The second-order valence-corrected chi connectivity index (χ2v) is 4.32. The second kappa shape index (κ2) is 5.03. The number of nitrogens with zero attached hydrogens (tertiary/aromatic N) is 4. The van der Waals surface area contributed by atoms with E-state index in [1.54, 1.807) is 18.4 Å². The number of thiazole rings is 1. The molecule has 0 fully saturated rings. The first-order valence-corrected chi connectivity index (χ1v) is 6.14. The summed E-state index contributed by atoms with van der Waals surface area (Å²) in [6.07, 6.45) is 1.47. The van der Waals surface area contributed by atoms with Crippen LogP contribution in [0.1, 0.15) is 18.5 Å². The van der Waals surface area contributed by atoms with Crippen LogP contribution in [0, 0.1) is 21.4 Å². The van der Waals surface area contributed by atoms with Crippen LogP contribution in [0.2, 0.25) is 0 Å². The first-order valence-electron chi connectivity index (χ1n) is 5.26. The van der Waals surface area contributed by atoms with Crippen LogP contribution in [0.25, 0.3) is 4.96 Å². The van der Waals surface area contributed by atoms with E-state index in [2.05, 4.69) is 4.98 Å². The van der Waals surface area contributed by atoms with E-state index in [1.165, 1.54) is 21.9 Å². The Balaban J connectivity index is 2.57. The molecule has 2 rings (SSSR count). The van der Waals surface area contributed by atoms with Gasteiger partial charge in [-0.1, -0.05) is 11.3 Å². The Morgan fingerprint density at radius 3 is 3.11 bits per heavy atom. The highest BCUT2D eigenvalue weighted by molar-refractivity contribution is 7.15. The third kappa shape index (κ3) is 2.13. The number of esters is 1. The van der Waals surface area contributed by atoms with Crippen LogP contribution in [0.4, 0.5) is 5.82 Å². The molecule has 0 aliphatic rings. The molecule has 0 aliphatic heterocycles. The Morgan fingerprint density at radius 1 is 1.79 bits per heavy atom. The van der Waals surface area contributed by atoms with Crippen molar-refractivity contribution in [1.29, 1.82) is 5.26 Å². The Labute approximate surface area is 111 Å². The molecule has 0 spiro atoms. The second-order valence-electron chi connectivity index (χ2n) is 3.45. The fourth-order valence-electron chi connectivity index (χ4n) is 1.62. The number of nitro groups is 1. The molecule has 9 heteroatoms. The zero-order valence-corrected chi connectivity index (χ0v) is 10.6. The molecule has 0 amide bonds. The molecule has 0 radical (unpaired) electrons. The molecule has 0 aromatic carbocycles. The van der Waals surface area contributed by atoms with Crippen LogP contribution < -0.4 is 0 Å². The van der Waals surface area contributed by atoms with Gasteiger partial charge in [-0.05, 0) is 11.8 Å². The Bertz CT molecular complexity index is 683. The lowest BCUT2D eigenvalue weighted by molar-refractivity contribution is -0.391. The molecule has 0 aliphatic carbocycles. The van der Waals surface area contributed by atoms with Gasteiger partial charge >= 0.3 is 11.8 Å². The number of carbonyl (C=O) groups is 1. The number of rotatable bonds is 4. The number of hydrogen-bond acceptors (Lipinski definition) is 7. The summed E-state index contributed by atoms with van der Waals surface area (Å²) in [5.41, 5.74) is -0.183. The molecule has 0 saturated carbocycles. The smallest absolute Gasteiger partial charge is 0.353 e. The number of nitriles is 1. The van der Waals surface area contributed by atoms with Gasteiger partial charge in [0.1, 0.15) is 6.20 Å². The summed E-state index contributed by atoms with van der Waals surface area (Å²) in [6.45, 7) is 1.68. The Kier molecular flexibility index (Phi) is 3.43. The van der Waals surface area contributed by atoms with Crippen molar-refractivity contribution < 1.29 is 14.5 Å². The number of carbonyl (C=O) groups excluding carboxylic acids is 1. The third-order valence-corrected chi connectivity index (χ3v) is 3.12. The van der Waals surface area contributed by atoms with Crippen molar-refractivity contribution >= 4 is 28.1 Å². The summed E-state index contributed by atoms with van der Waals surface area (Å²) < 4.78 is 5.97. The van der Waals surface area contributed by atoms with Crippen molar-refractivity contribution in [2.75, 3.05) is 6.61 Å². The van der Waals surface area contributed by atoms with E-state index >= 15 is 0 Å². The van der Waals surface area contributed by atoms with Gasteiger partial charge in [-0.25, -0.2) is 0 Å². The third-order valence-electron chi connectivity index (χ3n) is 2.36. The monoisotopic (exact) mass is 280 g/mol. The van der Waals surface area contributed by atoms with Gasteiger partial charge in [0.25, 0.3) is 4.96 Å². The fraction of sp³-hybridized carbons (Fsp3) is 0.300. The topological polar surface area (TPSA) is 111 Å². The number of imidazole rings is 1. The first-order chi connectivity index (χ1) is 9.10. The maximum absolute atomic E-state index is 11.6. The lowest BCUT2D eigenvalue weighted by Crippen LogP contribution is -2.16. The van der Waals surface area contributed by atoms with E-state index in [1.807, 2.05) is 0 Å². The van der Waals surface area contributed by atoms with Crippen LogP contribution in [0.3, 0.4) is 0 Å². The molecule has 19 heavy (non-hydrogen) atoms. The number of hydrogen-bond donors (Lipinski definition) is 0. The predicted octanol–water partition coefficient (Wildman–Crippen LogP) is 1.47. The Morgan fingerprint density at radius 2 is 2.53 bits per heavy atom. The zero-order chi connectivity index (χ0) is 14.0. The van der Waals surface area contributed by atoms with Crippen LogP contribution in [-0.2, 0) is 9.53 Å². The number of ether oxygens (including phenoxy) is 1. The van der Waals surface area contributed by atoms with Crippen molar-refractivity contribution in [3.8, 4) is 6.07 Å². The van der Waals surface area contributed by atoms with Crippen LogP contribution in [0.5, 0.6) is 0 Å². The van der Waals surface area contributed by atoms with E-state index in [-0.39, 0.29) is 18.1 Å². The molecular weight excluding hydrogens is 272 g/mol. The number of fused-ring (bicyclic) bond motifs is 1. The molecule has 1 unspecified atom stereocenters. The van der Waals surface area contributed by atoms with Crippen LogP contribution >= 0.6 is 11.3 Å². The van der Waals surface area contributed by atoms with Crippen molar-refractivity contribution in [2.24, 2.45) is 0 Å². The molecule has 0 bridgehead atoms. The quantitative estimate of drug-likeness (QED) is 0.476. The maximum atomic E-state index is 11.6. The minimum Gasteiger partial charge on any atom is -0.465 e. The summed E-state index contributed by atoms with van der Waals surface area (Å²) in [5, 5.41) is 21.7. The van der Waals surface area contributed by atoms with E-state index in [4.69, 9.17) is 10.00 Å². The zero-order valence-electron chi connectivity index (χ0n) is 9.77. The fourth-order valence-corrected chi connectivity index (χ4v) is 2.33. The average molecular weight is 280 g/mol. The van der Waals surface area contributed by atoms with Crippen molar-refractivity contribution in [3.05, 3.63) is 27.4 Å². The molecular formula is C10H8N4O4S. The maximum Gasteiger partial charge on any atom is 0.353 e. The summed E-state index contributed by atoms with van der Waals surface area (Å²) in [6, 6.07) is 1.70. The largest absolute Gasteiger partial charge is 0.465 e. The summed E-state index contributed by atoms with van der Waals surface area (Å²) in [5.74, 6) is -2.61. The normalized spacial score (nSPS) is 12.0. The van der Waals surface area contributed by atoms with Gasteiger partial charge in [-0.3, -0.25) is 4.79 Å². The summed E-state index contributed by atoms with van der Waals surface area (Å²) in [7, 11) is 0. The van der Waals surface area contributed by atoms with Crippen molar-refractivity contribution in [1.82, 2.24) is 9.38 Å². The average Bonchev–Trinajstić information content (AvgIpc) is 2.89. The highest BCUT2D eigenvalue weighted by atomic mass is 32.1. The van der Waals surface area contributed by atoms with Crippen LogP contribution in [-0.4, -0.2) is 26.9 Å². The molecule has 2 aromatic rings. The van der Waals surface area contributed by atoms with Crippen molar-refractivity contribution in [2.45, 2.75) is 12.8 Å². The van der Waals surface area contributed by atoms with Gasteiger partial charge < -0.3 is 14.9 Å². The molecule has 8 nitrogen and oxygen atoms in total. The molecule has 0 saturated heterocycles. The van der Waals surface area contributed by atoms with E-state index in [0.717, 1.165) is 0 Å². The standard InChI is InChI=1S/C10H8N4O4S/c1-2-18-9(15)6(5-11)7-8(14(16)17)13-3-4-19-10(13)12-7/h3-4,6H,2H2,1H3. The molecule has 2 heterocycles.